The molecule has 1 fully saturated rings. The van der Waals surface area contributed by atoms with E-state index in [1.54, 1.807) is 30.3 Å². The highest BCUT2D eigenvalue weighted by atomic mass is 32.2. The number of sulfonamides is 1. The molecule has 2 aromatic carbocycles. The summed E-state index contributed by atoms with van der Waals surface area (Å²) in [4.78, 5) is 27.9. The summed E-state index contributed by atoms with van der Waals surface area (Å²) in [6.45, 7) is 1.29. The predicted octanol–water partition coefficient (Wildman–Crippen LogP) is 3.15. The van der Waals surface area contributed by atoms with E-state index in [0.29, 0.717) is 18.8 Å². The lowest BCUT2D eigenvalue weighted by atomic mass is 10.1. The van der Waals surface area contributed by atoms with Crippen molar-refractivity contribution in [2.45, 2.75) is 30.7 Å². The van der Waals surface area contributed by atoms with Crippen LogP contribution in [0.3, 0.4) is 0 Å². The number of hydrogen-bond donors (Lipinski definition) is 2. The van der Waals surface area contributed by atoms with Gasteiger partial charge in [0.2, 0.25) is 10.0 Å². The molecule has 1 aromatic heterocycles. The summed E-state index contributed by atoms with van der Waals surface area (Å²) < 4.78 is 27.0. The van der Waals surface area contributed by atoms with Crippen LogP contribution in [0.4, 0.5) is 0 Å². The molecule has 8 heteroatoms. The van der Waals surface area contributed by atoms with Gasteiger partial charge in [0.25, 0.3) is 11.5 Å². The topological polar surface area (TPSA) is 99.3 Å². The van der Waals surface area contributed by atoms with Gasteiger partial charge in [0.1, 0.15) is 5.56 Å². The number of rotatable bonds is 6. The quantitative estimate of drug-likeness (QED) is 0.601. The molecule has 4 rings (SSSR count). The summed E-state index contributed by atoms with van der Waals surface area (Å²) in [6.07, 6.45) is 2.83. The Bertz CT molecular complexity index is 1250. The summed E-state index contributed by atoms with van der Waals surface area (Å²) in [5.74, 6) is -0.490. The Kier molecular flexibility index (Phi) is 6.53. The smallest absolute Gasteiger partial charge is 0.261 e. The molecule has 0 saturated carbocycles. The molecule has 1 aliphatic rings. The van der Waals surface area contributed by atoms with E-state index in [0.717, 1.165) is 30.4 Å². The van der Waals surface area contributed by atoms with Crippen molar-refractivity contribution in [2.75, 3.05) is 13.1 Å². The average Bonchev–Trinajstić information content (AvgIpc) is 2.84. The van der Waals surface area contributed by atoms with Crippen LogP contribution in [0, 0.1) is 0 Å². The molecular weight excluding hydrogens is 426 g/mol. The number of pyridine rings is 1. The molecule has 3 aromatic rings. The molecule has 1 aliphatic heterocycles. The van der Waals surface area contributed by atoms with Crippen LogP contribution in [0.5, 0.6) is 0 Å². The number of aromatic nitrogens is 1. The van der Waals surface area contributed by atoms with Gasteiger partial charge in [-0.25, -0.2) is 8.42 Å². The highest BCUT2D eigenvalue weighted by Crippen LogP contribution is 2.21. The van der Waals surface area contributed by atoms with Crippen molar-refractivity contribution in [1.82, 2.24) is 14.6 Å². The number of amides is 1. The Labute approximate surface area is 187 Å². The molecule has 0 spiro atoms. The summed E-state index contributed by atoms with van der Waals surface area (Å²) in [6, 6.07) is 19.1. The van der Waals surface area contributed by atoms with Crippen LogP contribution >= 0.6 is 0 Å². The number of H-pyrrole nitrogens is 1. The molecule has 0 unspecified atom stereocenters. The van der Waals surface area contributed by atoms with Crippen LogP contribution in [0.1, 0.15) is 35.2 Å². The van der Waals surface area contributed by atoms with Crippen LogP contribution in [-0.2, 0) is 16.6 Å². The second kappa shape index (κ2) is 9.50. The Morgan fingerprint density at radius 1 is 0.906 bits per heavy atom. The first-order chi connectivity index (χ1) is 15.4. The maximum atomic E-state index is 12.7. The molecule has 166 valence electrons. The average molecular weight is 452 g/mol. The molecule has 0 atom stereocenters. The number of nitrogens with one attached hydrogen (secondary N) is 2. The van der Waals surface area contributed by atoms with Gasteiger partial charge >= 0.3 is 0 Å². The van der Waals surface area contributed by atoms with E-state index in [9.17, 15) is 18.0 Å². The lowest BCUT2D eigenvalue weighted by Crippen LogP contribution is -2.35. The second-order valence-corrected chi connectivity index (χ2v) is 9.71. The Hall–Kier alpha value is -3.23. The van der Waals surface area contributed by atoms with Gasteiger partial charge in [-0.3, -0.25) is 9.59 Å². The van der Waals surface area contributed by atoms with Crippen LogP contribution in [-0.4, -0.2) is 36.7 Å². The maximum absolute atomic E-state index is 12.7. The van der Waals surface area contributed by atoms with Gasteiger partial charge in [-0.2, -0.15) is 4.31 Å². The van der Waals surface area contributed by atoms with E-state index in [4.69, 9.17) is 0 Å². The molecule has 0 bridgehead atoms. The Balaban J connectivity index is 1.40. The minimum Gasteiger partial charge on any atom is -0.348 e. The number of nitrogens with zero attached hydrogens (tertiary/aromatic N) is 1. The number of benzene rings is 2. The van der Waals surface area contributed by atoms with E-state index in [1.165, 1.54) is 10.4 Å². The molecule has 2 heterocycles. The fourth-order valence-corrected chi connectivity index (χ4v) is 5.27. The molecular formula is C24H25N3O4S. The van der Waals surface area contributed by atoms with Crippen molar-refractivity contribution in [3.8, 4) is 11.3 Å². The lowest BCUT2D eigenvalue weighted by molar-refractivity contribution is 0.0949. The highest BCUT2D eigenvalue weighted by Gasteiger charge is 2.25. The van der Waals surface area contributed by atoms with Gasteiger partial charge in [0, 0.05) is 25.3 Å². The largest absolute Gasteiger partial charge is 0.348 e. The van der Waals surface area contributed by atoms with Crippen molar-refractivity contribution in [3.05, 3.63) is 88.2 Å². The molecule has 1 saturated heterocycles. The monoisotopic (exact) mass is 451 g/mol. The van der Waals surface area contributed by atoms with Crippen molar-refractivity contribution in [2.24, 2.45) is 0 Å². The SMILES string of the molecule is O=C(NCc1ccc(S(=O)(=O)N2CCCCC2)cc1)c1ccc(-c2ccccc2)[nH]c1=O. The van der Waals surface area contributed by atoms with Gasteiger partial charge in [0.05, 0.1) is 4.90 Å². The lowest BCUT2D eigenvalue weighted by Gasteiger charge is -2.25. The molecule has 7 nitrogen and oxygen atoms in total. The molecule has 32 heavy (non-hydrogen) atoms. The second-order valence-electron chi connectivity index (χ2n) is 7.77. The van der Waals surface area contributed by atoms with Crippen molar-refractivity contribution >= 4 is 15.9 Å². The fraction of sp³-hybridized carbons (Fsp3) is 0.250. The zero-order chi connectivity index (χ0) is 22.6. The van der Waals surface area contributed by atoms with Gasteiger partial charge < -0.3 is 10.3 Å². The number of carbonyl (C=O) groups is 1. The summed E-state index contributed by atoms with van der Waals surface area (Å²) in [5, 5.41) is 2.72. The van der Waals surface area contributed by atoms with E-state index in [2.05, 4.69) is 10.3 Å². The molecule has 1 amide bonds. The van der Waals surface area contributed by atoms with Crippen molar-refractivity contribution < 1.29 is 13.2 Å². The van der Waals surface area contributed by atoms with Gasteiger partial charge in [0.15, 0.2) is 0 Å². The standard InChI is InChI=1S/C24H25N3O4S/c28-23(21-13-14-22(26-24(21)29)19-7-3-1-4-8-19)25-17-18-9-11-20(12-10-18)32(30,31)27-15-5-2-6-16-27/h1,3-4,7-14H,2,5-6,15-17H2,(H,25,28)(H,26,29). The molecule has 2 N–H and O–H groups in total. The zero-order valence-electron chi connectivity index (χ0n) is 17.6. The third-order valence-electron chi connectivity index (χ3n) is 5.57. The highest BCUT2D eigenvalue weighted by molar-refractivity contribution is 7.89. The van der Waals surface area contributed by atoms with Crippen LogP contribution < -0.4 is 10.9 Å². The Morgan fingerprint density at radius 3 is 2.25 bits per heavy atom. The first-order valence-electron chi connectivity index (χ1n) is 10.6. The molecule has 0 radical (unpaired) electrons. The third-order valence-corrected chi connectivity index (χ3v) is 7.48. The fourth-order valence-electron chi connectivity index (χ4n) is 3.75. The zero-order valence-corrected chi connectivity index (χ0v) is 18.4. The summed E-state index contributed by atoms with van der Waals surface area (Å²) >= 11 is 0. The normalized spacial score (nSPS) is 14.8. The minimum atomic E-state index is -3.49. The van der Waals surface area contributed by atoms with Crippen molar-refractivity contribution in [1.29, 1.82) is 0 Å². The Morgan fingerprint density at radius 2 is 1.59 bits per heavy atom. The number of hydrogen-bond acceptors (Lipinski definition) is 4. The summed E-state index contributed by atoms with van der Waals surface area (Å²) in [7, 11) is -3.49. The number of aromatic amines is 1. The first kappa shape index (κ1) is 22.0. The first-order valence-corrected chi connectivity index (χ1v) is 12.1. The van der Waals surface area contributed by atoms with Gasteiger partial charge in [-0.1, -0.05) is 48.9 Å². The number of carbonyl (C=O) groups excluding carboxylic acids is 1. The van der Waals surface area contributed by atoms with E-state index in [1.807, 2.05) is 30.3 Å². The predicted molar refractivity (Wildman–Crippen MR) is 123 cm³/mol. The van der Waals surface area contributed by atoms with Crippen LogP contribution in [0.2, 0.25) is 0 Å². The van der Waals surface area contributed by atoms with Crippen LogP contribution in [0.15, 0.2) is 76.4 Å². The van der Waals surface area contributed by atoms with Gasteiger partial charge in [-0.05, 0) is 48.2 Å². The maximum Gasteiger partial charge on any atom is 0.261 e. The van der Waals surface area contributed by atoms with Crippen LogP contribution in [0.25, 0.3) is 11.3 Å². The summed E-state index contributed by atoms with van der Waals surface area (Å²) in [5.41, 5.74) is 1.79. The van der Waals surface area contributed by atoms with E-state index in [-0.39, 0.29) is 17.0 Å². The van der Waals surface area contributed by atoms with Crippen molar-refractivity contribution in [3.63, 3.8) is 0 Å². The third kappa shape index (κ3) is 4.81. The number of piperidine rings is 1. The van der Waals surface area contributed by atoms with E-state index >= 15 is 0 Å². The van der Waals surface area contributed by atoms with E-state index < -0.39 is 21.5 Å². The van der Waals surface area contributed by atoms with Gasteiger partial charge in [-0.15, -0.1) is 0 Å². The minimum absolute atomic E-state index is 0.0222. The molecule has 0 aliphatic carbocycles.